The van der Waals surface area contributed by atoms with E-state index in [1.165, 1.54) is 11.3 Å². The van der Waals surface area contributed by atoms with E-state index in [-0.39, 0.29) is 0 Å². The first-order chi connectivity index (χ1) is 10.1. The van der Waals surface area contributed by atoms with Gasteiger partial charge in [-0.25, -0.2) is 4.98 Å². The van der Waals surface area contributed by atoms with E-state index in [1.54, 1.807) is 7.11 Å². The summed E-state index contributed by atoms with van der Waals surface area (Å²) >= 11 is 0. The average molecular weight is 287 g/mol. The molecule has 0 spiro atoms. The molecular formula is C17H25N3O. The molecule has 1 aromatic carbocycles. The van der Waals surface area contributed by atoms with Gasteiger partial charge in [-0.1, -0.05) is 12.1 Å². The summed E-state index contributed by atoms with van der Waals surface area (Å²) in [6, 6.07) is 6.12. The number of benzene rings is 1. The van der Waals surface area contributed by atoms with Crippen LogP contribution >= 0.6 is 0 Å². The van der Waals surface area contributed by atoms with Crippen LogP contribution in [0, 0.1) is 6.92 Å². The van der Waals surface area contributed by atoms with Crippen LogP contribution in [0.25, 0.3) is 10.9 Å². The number of hydrogen-bond acceptors (Lipinski definition) is 4. The average Bonchev–Trinajstić information content (AvgIpc) is 2.46. The van der Waals surface area contributed by atoms with Gasteiger partial charge >= 0.3 is 0 Å². The third-order valence-electron chi connectivity index (χ3n) is 3.78. The number of ether oxygens (including phenoxy) is 1. The van der Waals surface area contributed by atoms with Gasteiger partial charge in [-0.05, 0) is 45.0 Å². The van der Waals surface area contributed by atoms with E-state index >= 15 is 0 Å². The summed E-state index contributed by atoms with van der Waals surface area (Å²) < 4.78 is 5.46. The Morgan fingerprint density at radius 3 is 2.67 bits per heavy atom. The minimum atomic E-state index is 0.834. The third-order valence-corrected chi connectivity index (χ3v) is 3.78. The number of para-hydroxylation sites is 1. The summed E-state index contributed by atoms with van der Waals surface area (Å²) in [6.07, 6.45) is 2.13. The lowest BCUT2D eigenvalue weighted by molar-refractivity contribution is 0.419. The second-order valence-electron chi connectivity index (χ2n) is 5.48. The molecule has 21 heavy (non-hydrogen) atoms. The predicted octanol–water partition coefficient (Wildman–Crippen LogP) is 2.77. The first-order valence-corrected chi connectivity index (χ1v) is 7.38. The topological polar surface area (TPSA) is 37.4 Å². The maximum absolute atomic E-state index is 5.46. The van der Waals surface area contributed by atoms with Crippen molar-refractivity contribution in [1.82, 2.24) is 10.3 Å². The number of anilines is 1. The molecule has 0 bridgehead atoms. The Balaban J connectivity index is 2.63. The van der Waals surface area contributed by atoms with Crippen molar-refractivity contribution in [2.45, 2.75) is 19.8 Å². The van der Waals surface area contributed by atoms with Crippen molar-refractivity contribution in [2.24, 2.45) is 0 Å². The van der Waals surface area contributed by atoms with Gasteiger partial charge in [0, 0.05) is 25.2 Å². The standard InChI is InChI=1S/C17H25N3O/c1-12-13(9-7-11-18-2)17(20(3)4)14-8-6-10-15(21-5)16(14)19-12/h6,8,10,18H,7,9,11H2,1-5H3. The van der Waals surface area contributed by atoms with E-state index in [0.29, 0.717) is 0 Å². The maximum atomic E-state index is 5.46. The second-order valence-corrected chi connectivity index (χ2v) is 5.48. The van der Waals surface area contributed by atoms with Crippen LogP contribution < -0.4 is 15.0 Å². The highest BCUT2D eigenvalue weighted by Crippen LogP contribution is 2.35. The molecule has 0 saturated heterocycles. The molecule has 0 unspecified atom stereocenters. The van der Waals surface area contributed by atoms with Gasteiger partial charge in [0.15, 0.2) is 0 Å². The molecule has 114 valence electrons. The van der Waals surface area contributed by atoms with Crippen LogP contribution in [0.1, 0.15) is 17.7 Å². The van der Waals surface area contributed by atoms with Crippen LogP contribution in [0.5, 0.6) is 5.75 Å². The minimum Gasteiger partial charge on any atom is -0.494 e. The Bertz CT molecular complexity index is 623. The number of nitrogens with one attached hydrogen (secondary N) is 1. The molecule has 1 N–H and O–H groups in total. The first-order valence-electron chi connectivity index (χ1n) is 7.38. The number of methoxy groups -OCH3 is 1. The van der Waals surface area contributed by atoms with Crippen molar-refractivity contribution in [3.8, 4) is 5.75 Å². The lowest BCUT2D eigenvalue weighted by atomic mass is 10.0. The molecule has 1 heterocycles. The molecule has 0 aliphatic carbocycles. The Hall–Kier alpha value is -1.81. The van der Waals surface area contributed by atoms with Crippen molar-refractivity contribution in [1.29, 1.82) is 0 Å². The SMILES string of the molecule is CNCCCc1c(C)nc2c(OC)cccc2c1N(C)C. The number of aryl methyl sites for hydroxylation is 1. The van der Waals surface area contributed by atoms with Gasteiger partial charge < -0.3 is 15.0 Å². The van der Waals surface area contributed by atoms with Gasteiger partial charge in [0.2, 0.25) is 0 Å². The minimum absolute atomic E-state index is 0.834. The molecule has 0 aliphatic rings. The Kier molecular flexibility index (Phi) is 5.02. The fourth-order valence-corrected chi connectivity index (χ4v) is 2.81. The molecule has 0 aliphatic heterocycles. The second kappa shape index (κ2) is 6.76. The fraction of sp³-hybridized carbons (Fsp3) is 0.471. The highest BCUT2D eigenvalue weighted by Gasteiger charge is 2.16. The number of rotatable bonds is 6. The summed E-state index contributed by atoms with van der Waals surface area (Å²) in [5.41, 5.74) is 4.62. The molecule has 4 heteroatoms. The normalized spacial score (nSPS) is 10.9. The van der Waals surface area contributed by atoms with Crippen molar-refractivity contribution >= 4 is 16.6 Å². The van der Waals surface area contributed by atoms with Crippen LogP contribution in [-0.2, 0) is 6.42 Å². The molecule has 0 saturated carbocycles. The molecular weight excluding hydrogens is 262 g/mol. The highest BCUT2D eigenvalue weighted by atomic mass is 16.5. The first kappa shape index (κ1) is 15.6. The van der Waals surface area contributed by atoms with Crippen molar-refractivity contribution in [3.05, 3.63) is 29.5 Å². The number of hydrogen-bond donors (Lipinski definition) is 1. The molecule has 0 radical (unpaired) electrons. The smallest absolute Gasteiger partial charge is 0.145 e. The van der Waals surface area contributed by atoms with E-state index in [1.807, 2.05) is 19.2 Å². The van der Waals surface area contributed by atoms with Gasteiger partial charge in [-0.2, -0.15) is 0 Å². The summed E-state index contributed by atoms with van der Waals surface area (Å²) in [5, 5.41) is 4.36. The van der Waals surface area contributed by atoms with E-state index in [0.717, 1.165) is 41.7 Å². The van der Waals surface area contributed by atoms with E-state index in [9.17, 15) is 0 Å². The van der Waals surface area contributed by atoms with Crippen molar-refractivity contribution in [3.63, 3.8) is 0 Å². The van der Waals surface area contributed by atoms with Gasteiger partial charge in [0.05, 0.1) is 12.8 Å². The molecule has 0 atom stereocenters. The highest BCUT2D eigenvalue weighted by molar-refractivity contribution is 5.97. The number of pyridine rings is 1. The van der Waals surface area contributed by atoms with Gasteiger partial charge in [0.25, 0.3) is 0 Å². The zero-order valence-corrected chi connectivity index (χ0v) is 13.7. The van der Waals surface area contributed by atoms with Crippen molar-refractivity contribution < 1.29 is 4.74 Å². The van der Waals surface area contributed by atoms with Crippen LogP contribution in [0.15, 0.2) is 18.2 Å². The van der Waals surface area contributed by atoms with Crippen molar-refractivity contribution in [2.75, 3.05) is 39.7 Å². The molecule has 0 fully saturated rings. The van der Waals surface area contributed by atoms with Gasteiger partial charge in [-0.15, -0.1) is 0 Å². The van der Waals surface area contributed by atoms with Crippen LogP contribution in [0.4, 0.5) is 5.69 Å². The molecule has 4 nitrogen and oxygen atoms in total. The number of aromatic nitrogens is 1. The Morgan fingerprint density at radius 2 is 2.05 bits per heavy atom. The van der Waals surface area contributed by atoms with Crippen LogP contribution in [-0.4, -0.2) is 39.8 Å². The number of fused-ring (bicyclic) bond motifs is 1. The number of nitrogens with zero attached hydrogens (tertiary/aromatic N) is 2. The van der Waals surface area contributed by atoms with Gasteiger partial charge in [-0.3, -0.25) is 0 Å². The van der Waals surface area contributed by atoms with Crippen LogP contribution in [0.3, 0.4) is 0 Å². The maximum Gasteiger partial charge on any atom is 0.145 e. The van der Waals surface area contributed by atoms with Gasteiger partial charge in [0.1, 0.15) is 11.3 Å². The Morgan fingerprint density at radius 1 is 1.29 bits per heavy atom. The van der Waals surface area contributed by atoms with E-state index in [2.05, 4.69) is 37.3 Å². The van der Waals surface area contributed by atoms with E-state index in [4.69, 9.17) is 9.72 Å². The molecule has 2 rings (SSSR count). The van der Waals surface area contributed by atoms with E-state index < -0.39 is 0 Å². The zero-order chi connectivity index (χ0) is 15.4. The Labute approximate surface area is 127 Å². The predicted molar refractivity (Wildman–Crippen MR) is 89.6 cm³/mol. The lowest BCUT2D eigenvalue weighted by Gasteiger charge is -2.22. The monoisotopic (exact) mass is 287 g/mol. The van der Waals surface area contributed by atoms with Crippen LogP contribution in [0.2, 0.25) is 0 Å². The fourth-order valence-electron chi connectivity index (χ4n) is 2.81. The molecule has 2 aromatic rings. The largest absolute Gasteiger partial charge is 0.494 e. The summed E-state index contributed by atoms with van der Waals surface area (Å²) in [4.78, 5) is 6.98. The molecule has 0 amide bonds. The quantitative estimate of drug-likeness (QED) is 0.829. The summed E-state index contributed by atoms with van der Waals surface area (Å²) in [5.74, 6) is 0.834. The molecule has 1 aromatic heterocycles. The zero-order valence-electron chi connectivity index (χ0n) is 13.7. The summed E-state index contributed by atoms with van der Waals surface area (Å²) in [6.45, 7) is 3.11. The lowest BCUT2D eigenvalue weighted by Crippen LogP contribution is -2.15. The summed E-state index contributed by atoms with van der Waals surface area (Å²) in [7, 11) is 7.87. The third kappa shape index (κ3) is 3.10.